The topological polar surface area (TPSA) is 87.7 Å². The smallest absolute Gasteiger partial charge is 0.416 e. The van der Waals surface area contributed by atoms with Crippen molar-refractivity contribution < 1.29 is 31.1 Å². The molecular weight excluding hydrogens is 567 g/mol. The van der Waals surface area contributed by atoms with E-state index in [4.69, 9.17) is 4.74 Å². The first kappa shape index (κ1) is 31.5. The lowest BCUT2D eigenvalue weighted by molar-refractivity contribution is -0.137. The van der Waals surface area contributed by atoms with Crippen molar-refractivity contribution in [2.24, 2.45) is 5.92 Å². The number of amides is 1. The molecule has 3 aromatic rings. The summed E-state index contributed by atoms with van der Waals surface area (Å²) in [5.74, 6) is 0.832. The Morgan fingerprint density at radius 3 is 2.48 bits per heavy atom. The van der Waals surface area contributed by atoms with Crippen LogP contribution in [0.4, 0.5) is 13.2 Å². The quantitative estimate of drug-likeness (QED) is 0.288. The maximum atomic E-state index is 13.3. The van der Waals surface area contributed by atoms with Gasteiger partial charge in [-0.25, -0.2) is 13.1 Å². The summed E-state index contributed by atoms with van der Waals surface area (Å²) in [6.45, 7) is 6.46. The van der Waals surface area contributed by atoms with Crippen molar-refractivity contribution >= 4 is 15.9 Å². The number of fused-ring (bicyclic) bond motifs is 1. The second-order valence-corrected chi connectivity index (χ2v) is 12.7. The number of alkyl halides is 3. The van der Waals surface area contributed by atoms with Crippen molar-refractivity contribution in [3.8, 4) is 5.75 Å². The van der Waals surface area contributed by atoms with Crippen LogP contribution in [0, 0.1) is 5.92 Å². The van der Waals surface area contributed by atoms with E-state index in [1.807, 2.05) is 18.2 Å². The fraction of sp³-hybridized carbons (Fsp3) is 0.387. The lowest BCUT2D eigenvalue weighted by Crippen LogP contribution is -2.36. The Kier molecular flexibility index (Phi) is 9.96. The minimum absolute atomic E-state index is 0.257. The van der Waals surface area contributed by atoms with Gasteiger partial charge in [0.15, 0.2) is 0 Å². The van der Waals surface area contributed by atoms with Crippen molar-refractivity contribution in [1.29, 1.82) is 0 Å². The molecule has 2 atom stereocenters. The highest BCUT2D eigenvalue weighted by Crippen LogP contribution is 2.34. The average molecular weight is 604 g/mol. The van der Waals surface area contributed by atoms with Gasteiger partial charge in [0.05, 0.1) is 29.1 Å². The number of halogens is 3. The third-order valence-electron chi connectivity index (χ3n) is 6.94. The summed E-state index contributed by atoms with van der Waals surface area (Å²) in [7, 11) is -2.33. The number of hydrogen-bond donors (Lipinski definition) is 2. The fourth-order valence-corrected chi connectivity index (χ4v) is 6.40. The Labute approximate surface area is 245 Å². The van der Waals surface area contributed by atoms with Gasteiger partial charge in [0.25, 0.3) is 0 Å². The molecule has 11 heteroatoms. The second-order valence-electron chi connectivity index (χ2n) is 11.0. The van der Waals surface area contributed by atoms with Gasteiger partial charge in [-0.1, -0.05) is 62.4 Å². The number of carbonyl (C=O) groups excluding carboxylic acids is 1. The van der Waals surface area contributed by atoms with Crippen LogP contribution >= 0.6 is 0 Å². The first-order chi connectivity index (χ1) is 19.8. The molecule has 42 heavy (non-hydrogen) atoms. The summed E-state index contributed by atoms with van der Waals surface area (Å²) in [6, 6.07) is 16.6. The zero-order chi connectivity index (χ0) is 30.5. The van der Waals surface area contributed by atoms with E-state index in [2.05, 4.69) is 35.8 Å². The number of benzene rings is 3. The highest BCUT2D eigenvalue weighted by Gasteiger charge is 2.33. The van der Waals surface area contributed by atoms with Crippen molar-refractivity contribution in [3.05, 3.63) is 95.1 Å². The third-order valence-corrected chi connectivity index (χ3v) is 8.41. The third kappa shape index (κ3) is 8.33. The van der Waals surface area contributed by atoms with Gasteiger partial charge in [-0.3, -0.25) is 4.79 Å². The van der Waals surface area contributed by atoms with E-state index in [-0.39, 0.29) is 12.5 Å². The van der Waals surface area contributed by atoms with E-state index >= 15 is 0 Å². The van der Waals surface area contributed by atoms with Crippen LogP contribution in [0.15, 0.2) is 77.7 Å². The second kappa shape index (κ2) is 13.3. The zero-order valence-corrected chi connectivity index (χ0v) is 24.6. The van der Waals surface area contributed by atoms with E-state index in [1.54, 1.807) is 30.3 Å². The molecule has 0 aromatic heterocycles. The molecule has 0 saturated heterocycles. The largest absolute Gasteiger partial charge is 0.493 e. The molecule has 0 fully saturated rings. The molecule has 0 radical (unpaired) electrons. The summed E-state index contributed by atoms with van der Waals surface area (Å²) in [5.41, 5.74) is 1.36. The molecule has 0 spiro atoms. The minimum atomic E-state index is -4.70. The predicted molar refractivity (Wildman–Crippen MR) is 154 cm³/mol. The Morgan fingerprint density at radius 1 is 1.05 bits per heavy atom. The minimum Gasteiger partial charge on any atom is -0.493 e. The number of rotatable bonds is 11. The molecule has 4 rings (SSSR count). The van der Waals surface area contributed by atoms with Crippen molar-refractivity contribution in [2.45, 2.75) is 56.4 Å². The molecular formula is C31H36F3N3O4S. The van der Waals surface area contributed by atoms with E-state index in [9.17, 15) is 26.4 Å². The predicted octanol–water partition coefficient (Wildman–Crippen LogP) is 5.84. The van der Waals surface area contributed by atoms with E-state index in [0.29, 0.717) is 36.3 Å². The standard InChI is InChI=1S/C31H36F3N3O4S/c1-21(2)19-37(3)20-22-12-13-26-27(14-15-41-29(26)16-22)35-30(38)18-28(23-8-5-4-6-9-23)36-42(39,40)25-11-7-10-24(17-25)31(32,33)34/h4-13,16-17,21,27-28,36H,14-15,18-20H2,1-3H3,(H,35,38). The highest BCUT2D eigenvalue weighted by atomic mass is 32.2. The van der Waals surface area contributed by atoms with E-state index < -0.39 is 38.6 Å². The SMILES string of the molecule is CC(C)CN(C)Cc1ccc2c(c1)OCCC2NC(=O)CC(NS(=O)(=O)c1cccc(C(F)(F)F)c1)c1ccccc1. The Balaban J connectivity index is 1.50. The number of nitrogens with one attached hydrogen (secondary N) is 2. The average Bonchev–Trinajstić information content (AvgIpc) is 2.92. The molecule has 7 nitrogen and oxygen atoms in total. The van der Waals surface area contributed by atoms with Crippen LogP contribution in [-0.2, 0) is 27.5 Å². The Morgan fingerprint density at radius 2 is 1.79 bits per heavy atom. The molecule has 3 aromatic carbocycles. The van der Waals surface area contributed by atoms with Gasteiger partial charge < -0.3 is 15.0 Å². The molecule has 1 heterocycles. The first-order valence-corrected chi connectivity index (χ1v) is 15.3. The maximum absolute atomic E-state index is 13.3. The fourth-order valence-electron chi connectivity index (χ4n) is 5.13. The van der Waals surface area contributed by atoms with Crippen LogP contribution in [0.3, 0.4) is 0 Å². The number of sulfonamides is 1. The summed E-state index contributed by atoms with van der Waals surface area (Å²) < 4.78 is 74.4. The van der Waals surface area contributed by atoms with E-state index in [1.165, 1.54) is 0 Å². The van der Waals surface area contributed by atoms with Crippen LogP contribution in [0.1, 0.15) is 61.0 Å². The molecule has 1 aliphatic heterocycles. The zero-order valence-electron chi connectivity index (χ0n) is 23.8. The van der Waals surface area contributed by atoms with Crippen LogP contribution in [0.2, 0.25) is 0 Å². The lowest BCUT2D eigenvalue weighted by Gasteiger charge is -2.28. The van der Waals surface area contributed by atoms with Crippen LogP contribution in [0.25, 0.3) is 0 Å². The molecule has 1 amide bonds. The molecule has 0 saturated carbocycles. The molecule has 0 aliphatic carbocycles. The number of nitrogens with zero attached hydrogens (tertiary/aromatic N) is 1. The summed E-state index contributed by atoms with van der Waals surface area (Å²) in [5, 5.41) is 3.00. The van der Waals surface area contributed by atoms with E-state index in [0.717, 1.165) is 42.4 Å². The van der Waals surface area contributed by atoms with Gasteiger partial charge in [0.2, 0.25) is 15.9 Å². The van der Waals surface area contributed by atoms with Crippen LogP contribution < -0.4 is 14.8 Å². The number of hydrogen-bond acceptors (Lipinski definition) is 5. The molecule has 1 aliphatic rings. The van der Waals surface area contributed by atoms with Gasteiger partial charge in [-0.05, 0) is 48.4 Å². The highest BCUT2D eigenvalue weighted by molar-refractivity contribution is 7.89. The van der Waals surface area contributed by atoms with Gasteiger partial charge in [0, 0.05) is 31.5 Å². The molecule has 226 valence electrons. The van der Waals surface area contributed by atoms with Crippen molar-refractivity contribution in [3.63, 3.8) is 0 Å². The van der Waals surface area contributed by atoms with Gasteiger partial charge in [0.1, 0.15) is 5.75 Å². The summed E-state index contributed by atoms with van der Waals surface area (Å²) >= 11 is 0. The summed E-state index contributed by atoms with van der Waals surface area (Å²) in [4.78, 5) is 15.0. The maximum Gasteiger partial charge on any atom is 0.416 e. The van der Waals surface area contributed by atoms with Crippen molar-refractivity contribution in [1.82, 2.24) is 14.9 Å². The summed E-state index contributed by atoms with van der Waals surface area (Å²) in [6.07, 6.45) is -4.42. The number of ether oxygens (including phenoxy) is 1. The normalized spacial score (nSPS) is 16.1. The van der Waals surface area contributed by atoms with Gasteiger partial charge >= 0.3 is 6.18 Å². The van der Waals surface area contributed by atoms with Gasteiger partial charge in [-0.15, -0.1) is 0 Å². The monoisotopic (exact) mass is 603 g/mol. The lowest BCUT2D eigenvalue weighted by atomic mass is 9.97. The van der Waals surface area contributed by atoms with Gasteiger partial charge in [-0.2, -0.15) is 13.2 Å². The van der Waals surface area contributed by atoms with Crippen LogP contribution in [0.5, 0.6) is 5.75 Å². The Hall–Kier alpha value is -3.41. The first-order valence-electron chi connectivity index (χ1n) is 13.8. The molecule has 0 bridgehead atoms. The number of carbonyl (C=O) groups is 1. The van der Waals surface area contributed by atoms with Crippen LogP contribution in [-0.4, -0.2) is 39.4 Å². The Bertz CT molecular complexity index is 1480. The molecule has 2 N–H and O–H groups in total. The molecule has 2 unspecified atom stereocenters. The van der Waals surface area contributed by atoms with Crippen molar-refractivity contribution in [2.75, 3.05) is 20.2 Å².